The highest BCUT2D eigenvalue weighted by atomic mass is 16.5. The Bertz CT molecular complexity index is 557. The summed E-state index contributed by atoms with van der Waals surface area (Å²) >= 11 is 0. The summed E-state index contributed by atoms with van der Waals surface area (Å²) in [7, 11) is 1.60. The zero-order chi connectivity index (χ0) is 11.5. The molecule has 1 heterocycles. The maximum atomic E-state index is 11.4. The van der Waals surface area contributed by atoms with Crippen LogP contribution in [0.3, 0.4) is 0 Å². The molecule has 0 bridgehead atoms. The Morgan fingerprint density at radius 2 is 2.31 bits per heavy atom. The fraction of sp³-hybridized carbons (Fsp3) is 0.0909. The second kappa shape index (κ2) is 4.06. The number of nitrogens with two attached hydrogens (primary N) is 1. The van der Waals surface area contributed by atoms with Gasteiger partial charge in [-0.05, 0) is 24.3 Å². The zero-order valence-electron chi connectivity index (χ0n) is 8.73. The van der Waals surface area contributed by atoms with Gasteiger partial charge >= 0.3 is 0 Å². The number of benzene rings is 1. The van der Waals surface area contributed by atoms with Crippen molar-refractivity contribution in [2.24, 2.45) is 10.7 Å². The Morgan fingerprint density at radius 3 is 3.00 bits per heavy atom. The van der Waals surface area contributed by atoms with E-state index in [0.717, 1.165) is 23.0 Å². The molecule has 0 unspecified atom stereocenters. The van der Waals surface area contributed by atoms with Gasteiger partial charge in [-0.1, -0.05) is 0 Å². The van der Waals surface area contributed by atoms with Crippen LogP contribution in [0.1, 0.15) is 10.5 Å². The molecule has 0 fully saturated rings. The Kier molecular flexibility index (Phi) is 2.59. The standard InChI is InChI=1S/C11H11N3O2/c1-16-8-2-3-9-7(4-8)5-10(14-9)11(15)13-6-12/h2-6,14H,1H3,(H2,12,13,15). The minimum Gasteiger partial charge on any atom is -0.497 e. The number of amides is 1. The van der Waals surface area contributed by atoms with Crippen LogP contribution in [-0.2, 0) is 0 Å². The number of rotatable bonds is 2. The number of H-pyrrole nitrogens is 1. The van der Waals surface area contributed by atoms with Gasteiger partial charge in [-0.3, -0.25) is 4.79 Å². The van der Waals surface area contributed by atoms with Crippen molar-refractivity contribution >= 4 is 23.1 Å². The van der Waals surface area contributed by atoms with Crippen molar-refractivity contribution in [3.05, 3.63) is 30.0 Å². The number of aromatic nitrogens is 1. The van der Waals surface area contributed by atoms with Gasteiger partial charge in [0.05, 0.1) is 13.4 Å². The number of aromatic amines is 1. The lowest BCUT2D eigenvalue weighted by Crippen LogP contribution is -1.99. The molecule has 0 aliphatic rings. The van der Waals surface area contributed by atoms with Crippen molar-refractivity contribution in [2.75, 3.05) is 7.11 Å². The number of methoxy groups -OCH3 is 1. The van der Waals surface area contributed by atoms with Gasteiger partial charge in [-0.15, -0.1) is 0 Å². The summed E-state index contributed by atoms with van der Waals surface area (Å²) in [6, 6.07) is 7.22. The average molecular weight is 217 g/mol. The number of ether oxygens (including phenoxy) is 1. The summed E-state index contributed by atoms with van der Waals surface area (Å²) in [6.45, 7) is 0. The molecule has 5 heteroatoms. The first-order valence-electron chi connectivity index (χ1n) is 4.70. The number of hydrogen-bond acceptors (Lipinski definition) is 2. The van der Waals surface area contributed by atoms with Crippen LogP contribution in [0.25, 0.3) is 10.9 Å². The third-order valence-electron chi connectivity index (χ3n) is 2.25. The number of aliphatic imine (C=N–C) groups is 1. The predicted molar refractivity (Wildman–Crippen MR) is 61.9 cm³/mol. The van der Waals surface area contributed by atoms with E-state index >= 15 is 0 Å². The van der Waals surface area contributed by atoms with E-state index in [9.17, 15) is 4.79 Å². The van der Waals surface area contributed by atoms with Gasteiger partial charge in [-0.25, -0.2) is 0 Å². The number of carbonyl (C=O) groups excluding carboxylic acids is 1. The van der Waals surface area contributed by atoms with Gasteiger partial charge in [0.1, 0.15) is 11.4 Å². The van der Waals surface area contributed by atoms with E-state index in [4.69, 9.17) is 10.5 Å². The van der Waals surface area contributed by atoms with Gasteiger partial charge < -0.3 is 15.5 Å². The lowest BCUT2D eigenvalue weighted by molar-refractivity contribution is 0.0999. The molecule has 0 spiro atoms. The molecule has 1 aromatic carbocycles. The minimum absolute atomic E-state index is 0.391. The Balaban J connectivity index is 2.47. The van der Waals surface area contributed by atoms with Crippen LogP contribution in [0, 0.1) is 0 Å². The highest BCUT2D eigenvalue weighted by molar-refractivity contribution is 6.01. The molecule has 16 heavy (non-hydrogen) atoms. The molecular weight excluding hydrogens is 206 g/mol. The zero-order valence-corrected chi connectivity index (χ0v) is 8.73. The number of fused-ring (bicyclic) bond motifs is 1. The topological polar surface area (TPSA) is 80.5 Å². The molecular formula is C11H11N3O2. The van der Waals surface area contributed by atoms with E-state index in [2.05, 4.69) is 9.98 Å². The van der Waals surface area contributed by atoms with E-state index in [-0.39, 0.29) is 0 Å². The molecule has 0 radical (unpaired) electrons. The fourth-order valence-electron chi connectivity index (χ4n) is 1.49. The molecule has 1 aromatic heterocycles. The van der Waals surface area contributed by atoms with E-state index in [0.29, 0.717) is 5.69 Å². The Morgan fingerprint density at radius 1 is 1.50 bits per heavy atom. The van der Waals surface area contributed by atoms with E-state index < -0.39 is 5.91 Å². The summed E-state index contributed by atoms with van der Waals surface area (Å²) in [5.74, 6) is 0.352. The number of nitrogens with one attached hydrogen (secondary N) is 1. The van der Waals surface area contributed by atoms with E-state index in [1.54, 1.807) is 13.2 Å². The Hall–Kier alpha value is -2.30. The first-order chi connectivity index (χ1) is 7.74. The number of carbonyl (C=O) groups is 1. The lowest BCUT2D eigenvalue weighted by atomic mass is 10.2. The maximum Gasteiger partial charge on any atom is 0.294 e. The van der Waals surface area contributed by atoms with Crippen molar-refractivity contribution in [1.82, 2.24) is 4.98 Å². The van der Waals surface area contributed by atoms with Crippen LogP contribution in [0.15, 0.2) is 29.3 Å². The van der Waals surface area contributed by atoms with E-state index in [1.165, 1.54) is 0 Å². The van der Waals surface area contributed by atoms with Crippen LogP contribution in [0.4, 0.5) is 0 Å². The van der Waals surface area contributed by atoms with Gasteiger partial charge in [-0.2, -0.15) is 4.99 Å². The van der Waals surface area contributed by atoms with Crippen molar-refractivity contribution in [1.29, 1.82) is 0 Å². The van der Waals surface area contributed by atoms with Crippen LogP contribution in [0.5, 0.6) is 5.75 Å². The van der Waals surface area contributed by atoms with Gasteiger partial charge in [0, 0.05) is 10.9 Å². The van der Waals surface area contributed by atoms with Crippen molar-refractivity contribution in [3.8, 4) is 5.75 Å². The van der Waals surface area contributed by atoms with Crippen molar-refractivity contribution in [3.63, 3.8) is 0 Å². The largest absolute Gasteiger partial charge is 0.497 e. The molecule has 0 aliphatic carbocycles. The molecule has 0 saturated carbocycles. The smallest absolute Gasteiger partial charge is 0.294 e. The van der Waals surface area contributed by atoms with Crippen molar-refractivity contribution < 1.29 is 9.53 Å². The molecule has 5 nitrogen and oxygen atoms in total. The van der Waals surface area contributed by atoms with Gasteiger partial charge in [0.2, 0.25) is 0 Å². The number of nitrogens with zero attached hydrogens (tertiary/aromatic N) is 1. The quantitative estimate of drug-likeness (QED) is 0.587. The average Bonchev–Trinajstić information content (AvgIpc) is 2.71. The lowest BCUT2D eigenvalue weighted by Gasteiger charge is -1.97. The summed E-state index contributed by atoms with van der Waals surface area (Å²) < 4.78 is 5.09. The minimum atomic E-state index is -0.391. The normalized spacial score (nSPS) is 11.1. The molecule has 3 N–H and O–H groups in total. The second-order valence-electron chi connectivity index (χ2n) is 3.22. The fourth-order valence-corrected chi connectivity index (χ4v) is 1.49. The van der Waals surface area contributed by atoms with Crippen LogP contribution >= 0.6 is 0 Å². The molecule has 0 saturated heterocycles. The SMILES string of the molecule is COc1ccc2[nH]c(C(=O)N=CN)cc2c1. The second-order valence-corrected chi connectivity index (χ2v) is 3.22. The monoisotopic (exact) mass is 217 g/mol. The molecule has 0 aliphatic heterocycles. The van der Waals surface area contributed by atoms with Crippen LogP contribution in [0.2, 0.25) is 0 Å². The molecule has 82 valence electrons. The molecule has 0 atom stereocenters. The molecule has 1 amide bonds. The number of hydrogen-bond donors (Lipinski definition) is 2. The van der Waals surface area contributed by atoms with Gasteiger partial charge in [0.15, 0.2) is 0 Å². The van der Waals surface area contributed by atoms with Crippen LogP contribution in [-0.4, -0.2) is 24.3 Å². The summed E-state index contributed by atoms with van der Waals surface area (Å²) in [6.07, 6.45) is 0.981. The van der Waals surface area contributed by atoms with Gasteiger partial charge in [0.25, 0.3) is 5.91 Å². The van der Waals surface area contributed by atoms with Crippen LogP contribution < -0.4 is 10.5 Å². The van der Waals surface area contributed by atoms with Crippen molar-refractivity contribution in [2.45, 2.75) is 0 Å². The summed E-state index contributed by atoms with van der Waals surface area (Å²) in [4.78, 5) is 17.9. The maximum absolute atomic E-state index is 11.4. The first kappa shape index (κ1) is 10.2. The Labute approximate surface area is 91.9 Å². The molecule has 2 rings (SSSR count). The van der Waals surface area contributed by atoms with E-state index in [1.807, 2.05) is 18.2 Å². The third-order valence-corrected chi connectivity index (χ3v) is 2.25. The summed E-state index contributed by atoms with van der Waals surface area (Å²) in [5, 5.41) is 0.898. The first-order valence-corrected chi connectivity index (χ1v) is 4.70. The third kappa shape index (κ3) is 1.75. The predicted octanol–water partition coefficient (Wildman–Crippen LogP) is 1.30. The highest BCUT2D eigenvalue weighted by Gasteiger charge is 2.08. The highest BCUT2D eigenvalue weighted by Crippen LogP contribution is 2.21. The molecule has 2 aromatic rings. The summed E-state index contributed by atoms with van der Waals surface area (Å²) in [5.41, 5.74) is 6.33.